The molecule has 1 aliphatic rings. The van der Waals surface area contributed by atoms with Crippen LogP contribution in [-0.4, -0.2) is 14.5 Å². The first kappa shape index (κ1) is 20.3. The summed E-state index contributed by atoms with van der Waals surface area (Å²) in [6.07, 6.45) is 3.35. The molecule has 8 nitrogen and oxygen atoms in total. The highest BCUT2D eigenvalue weighted by molar-refractivity contribution is 5.77. The zero-order valence-corrected chi connectivity index (χ0v) is 17.3. The van der Waals surface area contributed by atoms with Gasteiger partial charge in [0, 0.05) is 18.8 Å². The van der Waals surface area contributed by atoms with Crippen molar-refractivity contribution in [3.8, 4) is 28.4 Å². The van der Waals surface area contributed by atoms with Crippen molar-refractivity contribution < 1.29 is 9.13 Å². The van der Waals surface area contributed by atoms with Gasteiger partial charge in [-0.25, -0.2) is 20.2 Å². The monoisotopic (exact) mass is 431 g/mol. The molecule has 0 spiro atoms. The second-order valence-corrected chi connectivity index (χ2v) is 7.42. The minimum Gasteiger partial charge on any atom is -0.486 e. The maximum atomic E-state index is 14.5. The fraction of sp³-hybridized carbons (Fsp3) is 0.130. The third-order valence-electron chi connectivity index (χ3n) is 5.23. The molecular weight excluding hydrogens is 409 g/mol. The van der Waals surface area contributed by atoms with Crippen LogP contribution in [0.1, 0.15) is 17.3 Å². The average molecular weight is 431 g/mol. The molecule has 162 valence electrons. The number of rotatable bonds is 6. The van der Waals surface area contributed by atoms with E-state index < -0.39 is 5.82 Å². The van der Waals surface area contributed by atoms with Crippen molar-refractivity contribution in [1.29, 1.82) is 0 Å². The van der Waals surface area contributed by atoms with Crippen LogP contribution in [0.15, 0.2) is 73.2 Å². The van der Waals surface area contributed by atoms with E-state index in [0.717, 1.165) is 22.4 Å². The van der Waals surface area contributed by atoms with Crippen molar-refractivity contribution in [3.05, 3.63) is 90.1 Å². The molecule has 4 aromatic rings. The van der Waals surface area contributed by atoms with E-state index in [4.69, 9.17) is 4.74 Å². The molecule has 0 radical (unpaired) electrons. The molecule has 0 atom stereocenters. The van der Waals surface area contributed by atoms with Gasteiger partial charge in [0.1, 0.15) is 18.5 Å². The van der Waals surface area contributed by atoms with E-state index in [1.807, 2.05) is 54.1 Å². The zero-order valence-electron chi connectivity index (χ0n) is 17.3. The van der Waals surface area contributed by atoms with Crippen molar-refractivity contribution in [2.75, 3.05) is 0 Å². The molecule has 1 saturated heterocycles. The van der Waals surface area contributed by atoms with Crippen molar-refractivity contribution in [2.24, 2.45) is 7.05 Å². The molecule has 0 bridgehead atoms. The van der Waals surface area contributed by atoms with Gasteiger partial charge in [0.25, 0.3) is 0 Å². The van der Waals surface area contributed by atoms with Gasteiger partial charge >= 0.3 is 0 Å². The number of aryl methyl sites for hydroxylation is 1. The summed E-state index contributed by atoms with van der Waals surface area (Å²) in [4.78, 5) is 9.09. The summed E-state index contributed by atoms with van der Waals surface area (Å²) in [5.74, 6) is -0.219. The summed E-state index contributed by atoms with van der Waals surface area (Å²) in [5, 5.41) is 0. The minimum absolute atomic E-state index is 0.118. The number of benzene rings is 2. The molecule has 0 saturated carbocycles. The van der Waals surface area contributed by atoms with Gasteiger partial charge in [-0.1, -0.05) is 30.3 Å². The summed E-state index contributed by atoms with van der Waals surface area (Å²) in [6.45, 7) is 0.284. The number of pyridine rings is 1. The highest BCUT2D eigenvalue weighted by Crippen LogP contribution is 2.33. The molecule has 3 heterocycles. The number of hydrogen-bond donors (Lipinski definition) is 4. The second kappa shape index (κ2) is 8.85. The Morgan fingerprint density at radius 3 is 2.62 bits per heavy atom. The van der Waals surface area contributed by atoms with Gasteiger partial charge in [-0.3, -0.25) is 4.98 Å². The van der Waals surface area contributed by atoms with Crippen LogP contribution in [0.25, 0.3) is 22.6 Å². The SMILES string of the molecule is Cn1cnc(-c2cc(C3NNNN3)ccn2)c1-c1ccc(F)c(OCc2ccccc2)c1. The van der Waals surface area contributed by atoms with Crippen LogP contribution in [0, 0.1) is 5.82 Å². The molecule has 32 heavy (non-hydrogen) atoms. The topological polar surface area (TPSA) is 88.1 Å². The standard InChI is InChI=1S/C23H22FN7O/c1-31-14-26-21(19-11-17(9-10-25-19)23-27-29-30-28-23)22(31)16-7-8-18(24)20(12-16)32-13-15-5-3-2-4-6-15/h2-12,14,23,27-30H,13H2,1H3. The normalized spacial score (nSPS) is 14.1. The van der Waals surface area contributed by atoms with E-state index in [-0.39, 0.29) is 18.5 Å². The summed E-state index contributed by atoms with van der Waals surface area (Å²) < 4.78 is 22.2. The number of hydrogen-bond acceptors (Lipinski definition) is 7. The highest BCUT2D eigenvalue weighted by atomic mass is 19.1. The van der Waals surface area contributed by atoms with E-state index in [2.05, 4.69) is 31.9 Å². The average Bonchev–Trinajstić information content (AvgIpc) is 3.50. The maximum absolute atomic E-state index is 14.5. The van der Waals surface area contributed by atoms with Crippen molar-refractivity contribution in [1.82, 2.24) is 36.5 Å². The van der Waals surface area contributed by atoms with Gasteiger partial charge in [-0.05, 0) is 41.5 Å². The first-order chi connectivity index (χ1) is 15.7. The van der Waals surface area contributed by atoms with E-state index in [1.54, 1.807) is 24.7 Å². The Bertz CT molecular complexity index is 1220. The van der Waals surface area contributed by atoms with Gasteiger partial charge < -0.3 is 9.30 Å². The zero-order chi connectivity index (χ0) is 21.9. The molecule has 1 aliphatic heterocycles. The number of halogens is 1. The van der Waals surface area contributed by atoms with Gasteiger partial charge in [0.05, 0.1) is 17.7 Å². The quantitative estimate of drug-likeness (QED) is 0.373. The number of hydrazine groups is 3. The molecule has 4 N–H and O–H groups in total. The van der Waals surface area contributed by atoms with Crippen molar-refractivity contribution in [3.63, 3.8) is 0 Å². The highest BCUT2D eigenvalue weighted by Gasteiger charge is 2.20. The predicted molar refractivity (Wildman–Crippen MR) is 118 cm³/mol. The molecule has 0 aliphatic carbocycles. The summed E-state index contributed by atoms with van der Waals surface area (Å²) in [6, 6.07) is 18.4. The fourth-order valence-electron chi connectivity index (χ4n) is 3.63. The second-order valence-electron chi connectivity index (χ2n) is 7.42. The van der Waals surface area contributed by atoms with Crippen LogP contribution in [0.4, 0.5) is 4.39 Å². The Morgan fingerprint density at radius 1 is 1.00 bits per heavy atom. The molecule has 0 unspecified atom stereocenters. The third kappa shape index (κ3) is 4.10. The lowest BCUT2D eigenvalue weighted by molar-refractivity contribution is 0.290. The number of nitrogens with zero attached hydrogens (tertiary/aromatic N) is 3. The number of imidazole rings is 1. The molecule has 1 fully saturated rings. The Labute approximate surface area is 184 Å². The van der Waals surface area contributed by atoms with Crippen LogP contribution in [0.3, 0.4) is 0 Å². The van der Waals surface area contributed by atoms with Crippen LogP contribution < -0.4 is 26.7 Å². The third-order valence-corrected chi connectivity index (χ3v) is 5.23. The Morgan fingerprint density at radius 2 is 1.81 bits per heavy atom. The van der Waals surface area contributed by atoms with Gasteiger partial charge in [-0.15, -0.1) is 0 Å². The van der Waals surface area contributed by atoms with Crippen molar-refractivity contribution in [2.45, 2.75) is 12.8 Å². The lowest BCUT2D eigenvalue weighted by atomic mass is 10.1. The number of aromatic nitrogens is 3. The number of ether oxygens (including phenoxy) is 1. The summed E-state index contributed by atoms with van der Waals surface area (Å²) in [7, 11) is 1.90. The van der Waals surface area contributed by atoms with Gasteiger partial charge in [0.15, 0.2) is 11.6 Å². The number of nitrogens with one attached hydrogen (secondary N) is 4. The smallest absolute Gasteiger partial charge is 0.165 e. The fourth-order valence-corrected chi connectivity index (χ4v) is 3.63. The van der Waals surface area contributed by atoms with Crippen LogP contribution in [0.2, 0.25) is 0 Å². The van der Waals surface area contributed by atoms with Crippen LogP contribution in [-0.2, 0) is 13.7 Å². The lowest BCUT2D eigenvalue weighted by Crippen LogP contribution is -2.33. The Hall–Kier alpha value is -3.63. The Balaban J connectivity index is 1.47. The maximum Gasteiger partial charge on any atom is 0.165 e. The predicted octanol–water partition coefficient (Wildman–Crippen LogP) is 2.98. The van der Waals surface area contributed by atoms with Gasteiger partial charge in [-0.2, -0.15) is 11.1 Å². The van der Waals surface area contributed by atoms with E-state index >= 15 is 0 Å². The van der Waals surface area contributed by atoms with E-state index in [1.165, 1.54) is 6.07 Å². The van der Waals surface area contributed by atoms with Gasteiger partial charge in [0.2, 0.25) is 0 Å². The largest absolute Gasteiger partial charge is 0.486 e. The van der Waals surface area contributed by atoms with E-state index in [0.29, 0.717) is 11.4 Å². The van der Waals surface area contributed by atoms with Crippen LogP contribution >= 0.6 is 0 Å². The molecule has 2 aromatic heterocycles. The molecular formula is C23H22FN7O. The minimum atomic E-state index is -0.410. The summed E-state index contributed by atoms with van der Waals surface area (Å²) >= 11 is 0. The Kier molecular flexibility index (Phi) is 5.61. The molecule has 5 rings (SSSR count). The lowest BCUT2D eigenvalue weighted by Gasteiger charge is -2.12. The first-order valence-electron chi connectivity index (χ1n) is 10.1. The molecule has 2 aromatic carbocycles. The first-order valence-corrected chi connectivity index (χ1v) is 10.1. The van der Waals surface area contributed by atoms with Crippen LogP contribution in [0.5, 0.6) is 5.75 Å². The summed E-state index contributed by atoms with van der Waals surface area (Å²) in [5.41, 5.74) is 16.7. The molecule has 9 heteroatoms. The van der Waals surface area contributed by atoms with Crippen molar-refractivity contribution >= 4 is 0 Å². The van der Waals surface area contributed by atoms with E-state index in [9.17, 15) is 4.39 Å². The molecule has 0 amide bonds.